The minimum atomic E-state index is 0.302. The first kappa shape index (κ1) is 12.7. The fraction of sp³-hybridized carbons (Fsp3) is 0.462. The van der Waals surface area contributed by atoms with Gasteiger partial charge in [0.15, 0.2) is 0 Å². The van der Waals surface area contributed by atoms with Crippen molar-refractivity contribution in [3.63, 3.8) is 0 Å². The van der Waals surface area contributed by atoms with Gasteiger partial charge in [-0.1, -0.05) is 19.9 Å². The average molecular weight is 266 g/mol. The molecule has 2 aromatic rings. The Kier molecular flexibility index (Phi) is 4.31. The smallest absolute Gasteiger partial charge is 0.0795 e. The molecule has 0 aromatic carbocycles. The molecule has 2 nitrogen and oxygen atoms in total. The molecule has 2 aromatic heterocycles. The zero-order chi connectivity index (χ0) is 12.3. The Bertz CT molecular complexity index is 420. The summed E-state index contributed by atoms with van der Waals surface area (Å²) < 4.78 is 0. The lowest BCUT2D eigenvalue weighted by Gasteiger charge is -2.24. The summed E-state index contributed by atoms with van der Waals surface area (Å²) in [7, 11) is 0. The van der Waals surface area contributed by atoms with Gasteiger partial charge in [-0.2, -0.15) is 0 Å². The summed E-state index contributed by atoms with van der Waals surface area (Å²) in [5.41, 5.74) is 3.03. The van der Waals surface area contributed by atoms with Crippen LogP contribution in [0.3, 0.4) is 0 Å². The van der Waals surface area contributed by atoms with Crippen LogP contribution in [0.2, 0.25) is 0 Å². The summed E-state index contributed by atoms with van der Waals surface area (Å²) in [6.45, 7) is 6.69. The van der Waals surface area contributed by atoms with Crippen molar-refractivity contribution in [1.29, 1.82) is 0 Å². The third-order valence-corrected chi connectivity index (χ3v) is 4.40. The molecule has 0 aliphatic rings. The molecular formula is C13H18N2S2. The van der Waals surface area contributed by atoms with Gasteiger partial charge in [0.25, 0.3) is 0 Å². The molecule has 0 spiro atoms. The average Bonchev–Trinajstić information content (AvgIpc) is 2.97. The van der Waals surface area contributed by atoms with E-state index in [0.717, 1.165) is 5.69 Å². The Balaban J connectivity index is 2.09. The van der Waals surface area contributed by atoms with Crippen molar-refractivity contribution in [2.24, 2.45) is 5.92 Å². The van der Waals surface area contributed by atoms with Crippen molar-refractivity contribution in [1.82, 2.24) is 10.3 Å². The molecule has 0 aliphatic heterocycles. The van der Waals surface area contributed by atoms with Gasteiger partial charge in [0.1, 0.15) is 0 Å². The lowest BCUT2D eigenvalue weighted by molar-refractivity contribution is 0.376. The minimum Gasteiger partial charge on any atom is -0.301 e. The van der Waals surface area contributed by atoms with Crippen molar-refractivity contribution in [3.05, 3.63) is 39.0 Å². The summed E-state index contributed by atoms with van der Waals surface area (Å²) in [4.78, 5) is 5.77. The molecule has 92 valence electrons. The largest absolute Gasteiger partial charge is 0.301 e. The molecule has 0 saturated carbocycles. The van der Waals surface area contributed by atoms with Crippen LogP contribution >= 0.6 is 22.7 Å². The second-order valence-electron chi connectivity index (χ2n) is 4.54. The lowest BCUT2D eigenvalue weighted by atomic mass is 10.0. The van der Waals surface area contributed by atoms with Crippen molar-refractivity contribution < 1.29 is 0 Å². The van der Waals surface area contributed by atoms with E-state index in [1.807, 2.05) is 16.8 Å². The first-order chi connectivity index (χ1) is 8.18. The second kappa shape index (κ2) is 5.76. The molecule has 0 aliphatic carbocycles. The van der Waals surface area contributed by atoms with Gasteiger partial charge in [-0.25, -0.2) is 4.98 Å². The van der Waals surface area contributed by atoms with Gasteiger partial charge in [0, 0.05) is 22.3 Å². The molecule has 2 atom stereocenters. The number of rotatable bonds is 5. The maximum absolute atomic E-state index is 4.37. The molecule has 0 radical (unpaired) electrons. The van der Waals surface area contributed by atoms with E-state index in [-0.39, 0.29) is 0 Å². The highest BCUT2D eigenvalue weighted by molar-refractivity contribution is 7.10. The first-order valence-electron chi connectivity index (χ1n) is 5.86. The number of hydrogen-bond acceptors (Lipinski definition) is 4. The Morgan fingerprint density at radius 2 is 2.12 bits per heavy atom. The van der Waals surface area contributed by atoms with Gasteiger partial charge < -0.3 is 5.32 Å². The third kappa shape index (κ3) is 3.15. The van der Waals surface area contributed by atoms with Crippen LogP contribution in [0.4, 0.5) is 0 Å². The van der Waals surface area contributed by atoms with E-state index in [9.17, 15) is 0 Å². The summed E-state index contributed by atoms with van der Waals surface area (Å²) in [5, 5.41) is 7.93. The highest BCUT2D eigenvalue weighted by atomic mass is 32.1. The molecule has 2 heterocycles. The van der Waals surface area contributed by atoms with Gasteiger partial charge >= 0.3 is 0 Å². The van der Waals surface area contributed by atoms with Crippen molar-refractivity contribution in [2.75, 3.05) is 0 Å². The monoisotopic (exact) mass is 266 g/mol. The Morgan fingerprint density at radius 3 is 2.65 bits per heavy atom. The van der Waals surface area contributed by atoms with Crippen LogP contribution in [0.5, 0.6) is 0 Å². The predicted molar refractivity (Wildman–Crippen MR) is 75.6 cm³/mol. The van der Waals surface area contributed by atoms with Crippen LogP contribution in [-0.2, 0) is 0 Å². The highest BCUT2D eigenvalue weighted by Crippen LogP contribution is 2.28. The number of hydrogen-bond donors (Lipinski definition) is 1. The Labute approximate surface area is 111 Å². The minimum absolute atomic E-state index is 0.302. The van der Waals surface area contributed by atoms with E-state index in [1.165, 1.54) is 4.88 Å². The first-order valence-corrected chi connectivity index (χ1v) is 7.68. The summed E-state index contributed by atoms with van der Waals surface area (Å²) in [5.74, 6) is 0.578. The number of thiazole rings is 1. The second-order valence-corrected chi connectivity index (χ2v) is 6.24. The van der Waals surface area contributed by atoms with Crippen LogP contribution in [0.1, 0.15) is 43.4 Å². The lowest BCUT2D eigenvalue weighted by Crippen LogP contribution is -2.28. The van der Waals surface area contributed by atoms with E-state index >= 15 is 0 Å². The van der Waals surface area contributed by atoms with Gasteiger partial charge in [-0.3, -0.25) is 0 Å². The molecule has 1 N–H and O–H groups in total. The molecule has 2 rings (SSSR count). The molecule has 4 heteroatoms. The fourth-order valence-electron chi connectivity index (χ4n) is 1.86. The van der Waals surface area contributed by atoms with Gasteiger partial charge in [0.05, 0.1) is 11.2 Å². The zero-order valence-corrected chi connectivity index (χ0v) is 12.0. The van der Waals surface area contributed by atoms with Gasteiger partial charge in [-0.05, 0) is 24.3 Å². The Morgan fingerprint density at radius 1 is 1.29 bits per heavy atom. The standard InChI is InChI=1S/C13H18N2S2/c1-9(2)13(12-5-4-6-17-12)15-10(3)11-7-16-8-14-11/h4-10,13,15H,1-3H3. The normalized spacial score (nSPS) is 15.1. The number of thiophene rings is 1. The summed E-state index contributed by atoms with van der Waals surface area (Å²) in [6, 6.07) is 5.03. The molecule has 0 amide bonds. The maximum Gasteiger partial charge on any atom is 0.0795 e. The maximum atomic E-state index is 4.37. The van der Waals surface area contributed by atoms with Crippen LogP contribution in [0, 0.1) is 5.92 Å². The van der Waals surface area contributed by atoms with Crippen molar-refractivity contribution in [2.45, 2.75) is 32.9 Å². The fourth-order valence-corrected chi connectivity index (χ4v) is 3.47. The zero-order valence-electron chi connectivity index (χ0n) is 10.4. The van der Waals surface area contributed by atoms with Crippen LogP contribution in [0.25, 0.3) is 0 Å². The predicted octanol–water partition coefficient (Wildman–Crippen LogP) is 4.25. The van der Waals surface area contributed by atoms with E-state index in [1.54, 1.807) is 11.3 Å². The third-order valence-electron chi connectivity index (χ3n) is 2.84. The molecule has 17 heavy (non-hydrogen) atoms. The van der Waals surface area contributed by atoms with Crippen LogP contribution in [-0.4, -0.2) is 4.98 Å². The summed E-state index contributed by atoms with van der Waals surface area (Å²) >= 11 is 3.47. The van der Waals surface area contributed by atoms with E-state index in [2.05, 4.69) is 54.0 Å². The van der Waals surface area contributed by atoms with E-state index in [0.29, 0.717) is 18.0 Å². The quantitative estimate of drug-likeness (QED) is 0.875. The molecule has 0 bridgehead atoms. The number of nitrogens with zero attached hydrogens (tertiary/aromatic N) is 1. The van der Waals surface area contributed by atoms with Gasteiger partial charge in [0.2, 0.25) is 0 Å². The highest BCUT2D eigenvalue weighted by Gasteiger charge is 2.20. The molecule has 2 unspecified atom stereocenters. The molecule has 0 fully saturated rings. The van der Waals surface area contributed by atoms with Crippen molar-refractivity contribution >= 4 is 22.7 Å². The topological polar surface area (TPSA) is 24.9 Å². The van der Waals surface area contributed by atoms with Crippen LogP contribution < -0.4 is 5.32 Å². The van der Waals surface area contributed by atoms with Crippen molar-refractivity contribution in [3.8, 4) is 0 Å². The van der Waals surface area contributed by atoms with Crippen LogP contribution in [0.15, 0.2) is 28.4 Å². The molecular weight excluding hydrogens is 248 g/mol. The number of aromatic nitrogens is 1. The van der Waals surface area contributed by atoms with Gasteiger partial charge in [-0.15, -0.1) is 22.7 Å². The SMILES string of the molecule is CC(NC(c1cccs1)C(C)C)c1cscn1. The van der Waals surface area contributed by atoms with E-state index in [4.69, 9.17) is 0 Å². The Hall–Kier alpha value is -0.710. The van der Waals surface area contributed by atoms with E-state index < -0.39 is 0 Å². The molecule has 0 saturated heterocycles. The number of nitrogens with one attached hydrogen (secondary N) is 1. The summed E-state index contributed by atoms with van der Waals surface area (Å²) in [6.07, 6.45) is 0.